The Morgan fingerprint density at radius 1 is 1.09 bits per heavy atom. The van der Waals surface area contributed by atoms with Gasteiger partial charge in [0.25, 0.3) is 0 Å². The van der Waals surface area contributed by atoms with E-state index >= 15 is 0 Å². The molecular weight excluding hydrogens is 284 g/mol. The third-order valence-corrected chi connectivity index (χ3v) is 8.11. The van der Waals surface area contributed by atoms with E-state index in [1.807, 2.05) is 7.11 Å². The third kappa shape index (κ3) is 1.90. The van der Waals surface area contributed by atoms with Gasteiger partial charge in [0.15, 0.2) is 0 Å². The molecule has 4 aliphatic rings. The van der Waals surface area contributed by atoms with Crippen LogP contribution in [-0.4, -0.2) is 12.9 Å². The fourth-order valence-corrected chi connectivity index (χ4v) is 6.73. The number of rotatable bonds is 1. The molecule has 0 aliphatic heterocycles. The van der Waals surface area contributed by atoms with Crippen molar-refractivity contribution < 1.29 is 9.53 Å². The second-order valence-corrected chi connectivity index (χ2v) is 8.82. The summed E-state index contributed by atoms with van der Waals surface area (Å²) < 4.78 is 5.63. The molecule has 0 aromatic heterocycles. The predicted molar refractivity (Wildman–Crippen MR) is 91.8 cm³/mol. The van der Waals surface area contributed by atoms with Crippen LogP contribution < -0.4 is 0 Å². The van der Waals surface area contributed by atoms with Gasteiger partial charge in [-0.15, -0.1) is 0 Å². The normalized spacial score (nSPS) is 46.0. The van der Waals surface area contributed by atoms with Crippen molar-refractivity contribution >= 4 is 5.78 Å². The molecule has 2 fully saturated rings. The summed E-state index contributed by atoms with van der Waals surface area (Å²) in [5.74, 6) is 3.81. The van der Waals surface area contributed by atoms with Crippen LogP contribution in [0.2, 0.25) is 0 Å². The van der Waals surface area contributed by atoms with Crippen molar-refractivity contribution in [1.29, 1.82) is 0 Å². The van der Waals surface area contributed by atoms with Crippen LogP contribution in [-0.2, 0) is 9.53 Å². The summed E-state index contributed by atoms with van der Waals surface area (Å²) in [4.78, 5) is 12.5. The molecule has 23 heavy (non-hydrogen) atoms. The van der Waals surface area contributed by atoms with Gasteiger partial charge in [0.1, 0.15) is 5.78 Å². The Morgan fingerprint density at radius 2 is 1.83 bits per heavy atom. The number of hydrogen-bond acceptors (Lipinski definition) is 2. The summed E-state index contributed by atoms with van der Waals surface area (Å²) in [6.45, 7) is 7.00. The molecule has 0 aromatic rings. The SMILES string of the molecule is COC1=C(C)C2=CCC3C4CCC(=O)C4(C)CCC3C2(C)CC1. The number of fused-ring (bicyclic) bond motifs is 5. The van der Waals surface area contributed by atoms with Gasteiger partial charge >= 0.3 is 0 Å². The van der Waals surface area contributed by atoms with Crippen molar-refractivity contribution in [2.24, 2.45) is 28.6 Å². The van der Waals surface area contributed by atoms with E-state index < -0.39 is 0 Å². The molecule has 0 saturated heterocycles. The number of Topliss-reactive ketones (excluding diaryl/α,β-unsaturated/α-hetero) is 1. The highest BCUT2D eigenvalue weighted by Crippen LogP contribution is 2.64. The highest BCUT2D eigenvalue weighted by atomic mass is 16.5. The molecule has 2 saturated carbocycles. The Labute approximate surface area is 140 Å². The first-order valence-corrected chi connectivity index (χ1v) is 9.40. The Kier molecular flexibility index (Phi) is 3.35. The molecule has 5 unspecified atom stereocenters. The first kappa shape index (κ1) is 15.5. The Morgan fingerprint density at radius 3 is 2.57 bits per heavy atom. The van der Waals surface area contributed by atoms with Crippen molar-refractivity contribution in [1.82, 2.24) is 0 Å². The van der Waals surface area contributed by atoms with E-state index in [1.165, 1.54) is 24.2 Å². The summed E-state index contributed by atoms with van der Waals surface area (Å²) in [5.41, 5.74) is 3.22. The van der Waals surface area contributed by atoms with Crippen molar-refractivity contribution in [2.75, 3.05) is 7.11 Å². The average Bonchev–Trinajstić information content (AvgIpc) is 2.83. The van der Waals surface area contributed by atoms with E-state index in [1.54, 1.807) is 5.57 Å². The third-order valence-electron chi connectivity index (χ3n) is 8.11. The molecule has 0 spiro atoms. The van der Waals surface area contributed by atoms with Gasteiger partial charge in [-0.3, -0.25) is 4.79 Å². The average molecular weight is 314 g/mol. The van der Waals surface area contributed by atoms with Crippen LogP contribution in [0.1, 0.15) is 65.7 Å². The van der Waals surface area contributed by atoms with Crippen LogP contribution in [0.5, 0.6) is 0 Å². The molecule has 0 heterocycles. The number of methoxy groups -OCH3 is 1. The lowest BCUT2D eigenvalue weighted by Crippen LogP contribution is -2.49. The number of hydrogen-bond donors (Lipinski definition) is 0. The lowest BCUT2D eigenvalue weighted by molar-refractivity contribution is -0.131. The van der Waals surface area contributed by atoms with Crippen LogP contribution in [0.3, 0.4) is 0 Å². The van der Waals surface area contributed by atoms with Gasteiger partial charge in [-0.1, -0.05) is 19.9 Å². The van der Waals surface area contributed by atoms with Gasteiger partial charge in [-0.2, -0.15) is 0 Å². The zero-order chi connectivity index (χ0) is 16.4. The van der Waals surface area contributed by atoms with Gasteiger partial charge in [-0.25, -0.2) is 0 Å². The molecule has 4 rings (SSSR count). The van der Waals surface area contributed by atoms with E-state index in [2.05, 4.69) is 26.8 Å². The predicted octanol–water partition coefficient (Wildman–Crippen LogP) is 5.05. The van der Waals surface area contributed by atoms with Gasteiger partial charge in [-0.05, 0) is 73.3 Å². The molecule has 0 bridgehead atoms. The van der Waals surface area contributed by atoms with E-state index in [0.717, 1.165) is 38.0 Å². The molecule has 5 atom stereocenters. The number of carbonyl (C=O) groups is 1. The number of carbonyl (C=O) groups excluding carboxylic acids is 1. The molecule has 0 N–H and O–H groups in total. The van der Waals surface area contributed by atoms with E-state index in [-0.39, 0.29) is 5.41 Å². The standard InChI is InChI=1S/C21H30O2/c1-13-15-6-5-14-16-7-8-19(22)21(16,3)11-9-17(14)20(15,2)12-10-18(13)23-4/h6,14,16-17H,5,7-12H2,1-4H3. The topological polar surface area (TPSA) is 26.3 Å². The summed E-state index contributed by atoms with van der Waals surface area (Å²) in [6, 6.07) is 0. The smallest absolute Gasteiger partial charge is 0.139 e. The van der Waals surface area contributed by atoms with Gasteiger partial charge in [0.2, 0.25) is 0 Å². The van der Waals surface area contributed by atoms with Gasteiger partial charge in [0.05, 0.1) is 12.9 Å². The molecule has 126 valence electrons. The molecule has 2 heteroatoms. The molecule has 0 amide bonds. The van der Waals surface area contributed by atoms with Gasteiger partial charge in [0, 0.05) is 18.3 Å². The Balaban J connectivity index is 1.74. The molecule has 0 radical (unpaired) electrons. The second kappa shape index (κ2) is 4.97. The molecule has 4 aliphatic carbocycles. The molecular formula is C21H30O2. The van der Waals surface area contributed by atoms with Crippen molar-refractivity contribution in [3.8, 4) is 0 Å². The maximum absolute atomic E-state index is 12.5. The van der Waals surface area contributed by atoms with Crippen LogP contribution >= 0.6 is 0 Å². The Bertz CT molecular complexity index is 613. The summed E-state index contributed by atoms with van der Waals surface area (Å²) >= 11 is 0. The summed E-state index contributed by atoms with van der Waals surface area (Å²) in [7, 11) is 1.81. The minimum absolute atomic E-state index is 0.0138. The van der Waals surface area contributed by atoms with Crippen molar-refractivity contribution in [3.05, 3.63) is 23.0 Å². The molecule has 2 nitrogen and oxygen atoms in total. The maximum atomic E-state index is 12.5. The van der Waals surface area contributed by atoms with E-state index in [9.17, 15) is 4.79 Å². The monoisotopic (exact) mass is 314 g/mol. The van der Waals surface area contributed by atoms with Crippen LogP contribution in [0.15, 0.2) is 23.0 Å². The minimum atomic E-state index is -0.0138. The quantitative estimate of drug-likeness (QED) is 0.677. The van der Waals surface area contributed by atoms with E-state index in [0.29, 0.717) is 23.0 Å². The lowest BCUT2D eigenvalue weighted by Gasteiger charge is -2.56. The highest BCUT2D eigenvalue weighted by molar-refractivity contribution is 5.87. The number of ether oxygens (including phenoxy) is 1. The number of ketones is 1. The van der Waals surface area contributed by atoms with Crippen LogP contribution in [0.4, 0.5) is 0 Å². The second-order valence-electron chi connectivity index (χ2n) is 8.82. The summed E-state index contributed by atoms with van der Waals surface area (Å²) in [5, 5.41) is 0. The van der Waals surface area contributed by atoms with Crippen LogP contribution in [0.25, 0.3) is 0 Å². The largest absolute Gasteiger partial charge is 0.501 e. The fourth-order valence-electron chi connectivity index (χ4n) is 6.73. The lowest BCUT2D eigenvalue weighted by atomic mass is 9.48. The van der Waals surface area contributed by atoms with Crippen molar-refractivity contribution in [2.45, 2.75) is 65.7 Å². The summed E-state index contributed by atoms with van der Waals surface area (Å²) in [6.07, 6.45) is 10.2. The minimum Gasteiger partial charge on any atom is -0.501 e. The zero-order valence-electron chi connectivity index (χ0n) is 15.1. The number of allylic oxidation sites excluding steroid dienone is 4. The maximum Gasteiger partial charge on any atom is 0.139 e. The zero-order valence-corrected chi connectivity index (χ0v) is 15.1. The van der Waals surface area contributed by atoms with Gasteiger partial charge < -0.3 is 4.74 Å². The van der Waals surface area contributed by atoms with E-state index in [4.69, 9.17) is 4.74 Å². The Hall–Kier alpha value is -1.05. The fraction of sp³-hybridized carbons (Fsp3) is 0.762. The highest BCUT2D eigenvalue weighted by Gasteiger charge is 2.58. The first-order chi connectivity index (χ1) is 10.9. The molecule has 0 aromatic carbocycles. The first-order valence-electron chi connectivity index (χ1n) is 9.40. The van der Waals surface area contributed by atoms with Crippen molar-refractivity contribution in [3.63, 3.8) is 0 Å². The van der Waals surface area contributed by atoms with Crippen LogP contribution in [0, 0.1) is 28.6 Å².